The molecule has 0 fully saturated rings. The van der Waals surface area contributed by atoms with Gasteiger partial charge in [0.2, 0.25) is 5.78 Å². The Kier molecular flexibility index (Phi) is 6.41. The first-order valence-corrected chi connectivity index (χ1v) is 8.81. The van der Waals surface area contributed by atoms with Gasteiger partial charge in [-0.15, -0.1) is 11.8 Å². The zero-order chi connectivity index (χ0) is 16.7. The van der Waals surface area contributed by atoms with Crippen LogP contribution in [0.25, 0.3) is 0 Å². The minimum Gasteiger partial charge on any atom is -0.449 e. The maximum absolute atomic E-state index is 12.8. The summed E-state index contributed by atoms with van der Waals surface area (Å²) in [4.78, 5) is 25.8. The van der Waals surface area contributed by atoms with Gasteiger partial charge in [-0.05, 0) is 24.8 Å². The number of ketones is 1. The molecule has 23 heavy (non-hydrogen) atoms. The van der Waals surface area contributed by atoms with Gasteiger partial charge in [0.15, 0.2) is 6.10 Å². The third-order valence-corrected chi connectivity index (χ3v) is 4.16. The molecule has 0 bridgehead atoms. The molecule has 3 nitrogen and oxygen atoms in total. The van der Waals surface area contributed by atoms with Gasteiger partial charge in [0.25, 0.3) is 0 Å². The van der Waals surface area contributed by atoms with E-state index >= 15 is 0 Å². The van der Waals surface area contributed by atoms with Crippen molar-refractivity contribution >= 4 is 23.5 Å². The lowest BCUT2D eigenvalue weighted by Crippen LogP contribution is -2.20. The van der Waals surface area contributed by atoms with Gasteiger partial charge in [-0.2, -0.15) is 0 Å². The van der Waals surface area contributed by atoms with E-state index in [-0.39, 0.29) is 11.8 Å². The van der Waals surface area contributed by atoms with Crippen molar-refractivity contribution in [1.82, 2.24) is 0 Å². The Morgan fingerprint density at radius 3 is 2.26 bits per heavy atom. The highest BCUT2D eigenvalue weighted by Crippen LogP contribution is 2.25. The molecule has 0 heterocycles. The second kappa shape index (κ2) is 8.53. The summed E-state index contributed by atoms with van der Waals surface area (Å²) in [5.41, 5.74) is 1.23. The highest BCUT2D eigenvalue weighted by Gasteiger charge is 2.25. The van der Waals surface area contributed by atoms with Crippen molar-refractivity contribution in [3.8, 4) is 0 Å². The lowest BCUT2D eigenvalue weighted by Gasteiger charge is -2.17. The lowest BCUT2D eigenvalue weighted by atomic mass is 10.00. The molecule has 120 valence electrons. The molecule has 0 N–H and O–H groups in total. The summed E-state index contributed by atoms with van der Waals surface area (Å²) in [5, 5.41) is 0. The third kappa shape index (κ3) is 4.70. The largest absolute Gasteiger partial charge is 0.449 e. The molecule has 2 aromatic carbocycles. The molecule has 0 spiro atoms. The van der Waals surface area contributed by atoms with Crippen molar-refractivity contribution in [2.45, 2.75) is 30.8 Å². The summed E-state index contributed by atoms with van der Waals surface area (Å²) >= 11 is 1.62. The van der Waals surface area contributed by atoms with E-state index in [1.54, 1.807) is 36.0 Å². The van der Waals surface area contributed by atoms with E-state index in [0.29, 0.717) is 24.0 Å². The Labute approximate surface area is 141 Å². The average molecular weight is 328 g/mol. The van der Waals surface area contributed by atoms with E-state index in [9.17, 15) is 9.59 Å². The van der Waals surface area contributed by atoms with Crippen LogP contribution in [0.1, 0.15) is 41.8 Å². The molecule has 0 aliphatic rings. The van der Waals surface area contributed by atoms with Gasteiger partial charge in [-0.3, -0.25) is 9.59 Å². The van der Waals surface area contributed by atoms with Crippen LogP contribution < -0.4 is 0 Å². The van der Waals surface area contributed by atoms with Gasteiger partial charge in [-0.1, -0.05) is 49.4 Å². The number of benzene rings is 2. The molecule has 0 aliphatic carbocycles. The van der Waals surface area contributed by atoms with Gasteiger partial charge in [0.1, 0.15) is 0 Å². The zero-order valence-electron chi connectivity index (χ0n) is 13.3. The molecule has 0 unspecified atom stereocenters. The molecule has 2 rings (SSSR count). The summed E-state index contributed by atoms with van der Waals surface area (Å²) in [7, 11) is 0. The summed E-state index contributed by atoms with van der Waals surface area (Å²) in [6.07, 6.45) is 2.09. The third-order valence-electron chi connectivity index (χ3n) is 3.42. The first-order valence-electron chi connectivity index (χ1n) is 7.58. The summed E-state index contributed by atoms with van der Waals surface area (Å²) < 4.78 is 5.47. The number of ether oxygens (including phenoxy) is 1. The molecule has 4 heteroatoms. The second-order valence-electron chi connectivity index (χ2n) is 5.12. The number of hydrogen-bond donors (Lipinski definition) is 0. The number of Topliss-reactive ketones (excluding diaryl/α,β-unsaturated/α-hetero) is 1. The monoisotopic (exact) mass is 328 g/mol. The smallest absolute Gasteiger partial charge is 0.306 e. The predicted octanol–water partition coefficient (Wildman–Crippen LogP) is 4.68. The maximum atomic E-state index is 12.8. The van der Waals surface area contributed by atoms with Crippen molar-refractivity contribution in [3.05, 3.63) is 65.7 Å². The van der Waals surface area contributed by atoms with Crippen LogP contribution in [0, 0.1) is 0 Å². The average Bonchev–Trinajstić information content (AvgIpc) is 2.60. The fourth-order valence-electron chi connectivity index (χ4n) is 2.20. The van der Waals surface area contributed by atoms with E-state index in [1.165, 1.54) is 0 Å². The zero-order valence-corrected chi connectivity index (χ0v) is 14.1. The van der Waals surface area contributed by atoms with Gasteiger partial charge >= 0.3 is 5.97 Å². The Morgan fingerprint density at radius 1 is 1.04 bits per heavy atom. The molecular weight excluding hydrogens is 308 g/mol. The summed E-state index contributed by atoms with van der Waals surface area (Å²) in [6.45, 7) is 1.91. The normalized spacial score (nSPS) is 11.7. The van der Waals surface area contributed by atoms with Crippen molar-refractivity contribution in [2.24, 2.45) is 0 Å². The van der Waals surface area contributed by atoms with Crippen LogP contribution in [0.2, 0.25) is 0 Å². The number of esters is 1. The summed E-state index contributed by atoms with van der Waals surface area (Å²) in [5.74, 6) is -0.553. The van der Waals surface area contributed by atoms with Crippen LogP contribution in [0.4, 0.5) is 0 Å². The van der Waals surface area contributed by atoms with Crippen LogP contribution in [-0.4, -0.2) is 18.0 Å². The molecule has 1 atom stereocenters. The number of rotatable bonds is 7. The van der Waals surface area contributed by atoms with E-state index in [1.807, 2.05) is 43.5 Å². The van der Waals surface area contributed by atoms with E-state index in [4.69, 9.17) is 4.74 Å². The van der Waals surface area contributed by atoms with Crippen molar-refractivity contribution in [2.75, 3.05) is 6.26 Å². The topological polar surface area (TPSA) is 43.4 Å². The molecule has 0 radical (unpaired) electrons. The van der Waals surface area contributed by atoms with Gasteiger partial charge in [0, 0.05) is 22.4 Å². The fraction of sp³-hybridized carbons (Fsp3) is 0.263. The predicted molar refractivity (Wildman–Crippen MR) is 92.7 cm³/mol. The number of carbonyl (C=O) groups excluding carboxylic acids is 2. The Balaban J connectivity index is 2.30. The Bertz CT molecular complexity index is 650. The second-order valence-corrected chi connectivity index (χ2v) is 6.00. The Hall–Kier alpha value is -2.07. The van der Waals surface area contributed by atoms with Crippen LogP contribution in [-0.2, 0) is 9.53 Å². The van der Waals surface area contributed by atoms with Crippen molar-refractivity contribution < 1.29 is 14.3 Å². The van der Waals surface area contributed by atoms with Crippen LogP contribution >= 0.6 is 11.8 Å². The SMILES string of the molecule is CCCC(=O)O[C@H](C(=O)c1ccccc1)c1ccc(SC)cc1. The molecule has 0 amide bonds. The van der Waals surface area contributed by atoms with Crippen molar-refractivity contribution in [3.63, 3.8) is 0 Å². The van der Waals surface area contributed by atoms with E-state index in [2.05, 4.69) is 0 Å². The lowest BCUT2D eigenvalue weighted by molar-refractivity contribution is -0.147. The highest BCUT2D eigenvalue weighted by atomic mass is 32.2. The highest BCUT2D eigenvalue weighted by molar-refractivity contribution is 7.98. The molecule has 0 saturated heterocycles. The van der Waals surface area contributed by atoms with Crippen LogP contribution in [0.3, 0.4) is 0 Å². The van der Waals surface area contributed by atoms with Crippen LogP contribution in [0.15, 0.2) is 59.5 Å². The number of carbonyl (C=O) groups is 2. The van der Waals surface area contributed by atoms with Gasteiger partial charge in [-0.25, -0.2) is 0 Å². The van der Waals surface area contributed by atoms with Gasteiger partial charge in [0.05, 0.1) is 0 Å². The first-order chi connectivity index (χ1) is 11.2. The quantitative estimate of drug-likeness (QED) is 0.421. The number of hydrogen-bond acceptors (Lipinski definition) is 4. The standard InChI is InChI=1S/C19H20O3S/c1-3-7-17(20)22-19(15-10-12-16(23-2)13-11-15)18(21)14-8-5-4-6-9-14/h4-6,8-13,19H,3,7H2,1-2H3/t19-/m0/s1. The Morgan fingerprint density at radius 2 is 1.70 bits per heavy atom. The molecule has 2 aromatic rings. The molecule has 0 aromatic heterocycles. The first kappa shape index (κ1) is 17.3. The van der Waals surface area contributed by atoms with Crippen molar-refractivity contribution in [1.29, 1.82) is 0 Å². The minimum absolute atomic E-state index is 0.202. The van der Waals surface area contributed by atoms with Gasteiger partial charge < -0.3 is 4.74 Å². The fourth-order valence-corrected chi connectivity index (χ4v) is 2.61. The van der Waals surface area contributed by atoms with E-state index in [0.717, 1.165) is 4.90 Å². The minimum atomic E-state index is -0.896. The van der Waals surface area contributed by atoms with Crippen LogP contribution in [0.5, 0.6) is 0 Å². The molecule has 0 saturated carbocycles. The maximum Gasteiger partial charge on any atom is 0.306 e. The molecule has 0 aliphatic heterocycles. The number of thioether (sulfide) groups is 1. The molecular formula is C19H20O3S. The summed E-state index contributed by atoms with van der Waals surface area (Å²) in [6, 6.07) is 16.5. The van der Waals surface area contributed by atoms with E-state index < -0.39 is 6.10 Å².